The molecule has 1 unspecified atom stereocenters. The molecule has 5 nitrogen and oxygen atoms in total. The highest BCUT2D eigenvalue weighted by molar-refractivity contribution is 6.30. The lowest BCUT2D eigenvalue weighted by Gasteiger charge is -2.30. The summed E-state index contributed by atoms with van der Waals surface area (Å²) in [6.07, 6.45) is 4.09. The maximum atomic E-state index is 11.9. The zero-order chi connectivity index (χ0) is 13.1. The van der Waals surface area contributed by atoms with Gasteiger partial charge in [-0.2, -0.15) is 0 Å². The second-order valence-electron chi connectivity index (χ2n) is 4.38. The summed E-state index contributed by atoms with van der Waals surface area (Å²) in [6, 6.07) is 1.56. The van der Waals surface area contributed by atoms with Gasteiger partial charge in [0.1, 0.15) is 0 Å². The summed E-state index contributed by atoms with van der Waals surface area (Å²) in [7, 11) is 1.74. The molecule has 96 valence electrons. The smallest absolute Gasteiger partial charge is 0.253 e. The number of carbonyl (C=O) groups is 2. The van der Waals surface area contributed by atoms with Crippen LogP contribution in [0.4, 0.5) is 0 Å². The van der Waals surface area contributed by atoms with Gasteiger partial charge in [0.05, 0.1) is 10.6 Å². The first kappa shape index (κ1) is 12.8. The molecule has 0 radical (unpaired) electrons. The molecule has 18 heavy (non-hydrogen) atoms. The summed E-state index contributed by atoms with van der Waals surface area (Å²) < 4.78 is 0. The Labute approximate surface area is 110 Å². The van der Waals surface area contributed by atoms with Gasteiger partial charge in [0.2, 0.25) is 5.91 Å². The molecule has 0 aliphatic carbocycles. The third kappa shape index (κ3) is 2.98. The van der Waals surface area contributed by atoms with E-state index in [2.05, 4.69) is 10.3 Å². The molecule has 1 aliphatic rings. The van der Waals surface area contributed by atoms with Crippen LogP contribution in [0.2, 0.25) is 5.02 Å². The lowest BCUT2D eigenvalue weighted by molar-refractivity contribution is -0.132. The molecule has 2 heterocycles. The van der Waals surface area contributed by atoms with Gasteiger partial charge in [-0.05, 0) is 12.5 Å². The van der Waals surface area contributed by atoms with Crippen molar-refractivity contribution in [2.45, 2.75) is 18.9 Å². The SMILES string of the molecule is CN1CC(NC(=O)c2cncc(Cl)c2)CCC1=O. The van der Waals surface area contributed by atoms with E-state index < -0.39 is 0 Å². The van der Waals surface area contributed by atoms with Gasteiger partial charge in [-0.25, -0.2) is 0 Å². The minimum atomic E-state index is -0.210. The van der Waals surface area contributed by atoms with Crippen molar-refractivity contribution >= 4 is 23.4 Å². The van der Waals surface area contributed by atoms with Crippen LogP contribution in [0.1, 0.15) is 23.2 Å². The Balaban J connectivity index is 1.98. The van der Waals surface area contributed by atoms with Crippen molar-refractivity contribution in [1.29, 1.82) is 0 Å². The fraction of sp³-hybridized carbons (Fsp3) is 0.417. The summed E-state index contributed by atoms with van der Waals surface area (Å²) in [5.74, 6) is -0.0947. The number of likely N-dealkylation sites (N-methyl/N-ethyl adjacent to an activating group) is 1. The van der Waals surface area contributed by atoms with E-state index in [0.29, 0.717) is 30.0 Å². The molecule has 1 aliphatic heterocycles. The Morgan fingerprint density at radius 3 is 3.00 bits per heavy atom. The summed E-state index contributed by atoms with van der Waals surface area (Å²) in [6.45, 7) is 0.540. The number of amides is 2. The zero-order valence-electron chi connectivity index (χ0n) is 10.0. The number of piperidine rings is 1. The van der Waals surface area contributed by atoms with Gasteiger partial charge in [0.25, 0.3) is 5.91 Å². The van der Waals surface area contributed by atoms with Crippen molar-refractivity contribution < 1.29 is 9.59 Å². The van der Waals surface area contributed by atoms with Crippen LogP contribution in [0.25, 0.3) is 0 Å². The fourth-order valence-electron chi connectivity index (χ4n) is 1.93. The highest BCUT2D eigenvalue weighted by Crippen LogP contribution is 2.12. The lowest BCUT2D eigenvalue weighted by Crippen LogP contribution is -2.48. The third-order valence-corrected chi connectivity index (χ3v) is 3.14. The monoisotopic (exact) mass is 267 g/mol. The normalized spacial score (nSPS) is 19.8. The van der Waals surface area contributed by atoms with Crippen LogP contribution in [-0.2, 0) is 4.79 Å². The zero-order valence-corrected chi connectivity index (χ0v) is 10.8. The highest BCUT2D eigenvalue weighted by Gasteiger charge is 2.24. The molecule has 0 bridgehead atoms. The van der Waals surface area contributed by atoms with Crippen molar-refractivity contribution in [3.05, 3.63) is 29.0 Å². The van der Waals surface area contributed by atoms with Gasteiger partial charge in [-0.3, -0.25) is 14.6 Å². The number of nitrogens with one attached hydrogen (secondary N) is 1. The van der Waals surface area contributed by atoms with E-state index in [1.165, 1.54) is 12.4 Å². The van der Waals surface area contributed by atoms with Gasteiger partial charge in [0.15, 0.2) is 0 Å². The fourth-order valence-corrected chi connectivity index (χ4v) is 2.11. The molecule has 0 spiro atoms. The van der Waals surface area contributed by atoms with E-state index in [-0.39, 0.29) is 17.9 Å². The molecule has 1 aromatic rings. The van der Waals surface area contributed by atoms with Gasteiger partial charge >= 0.3 is 0 Å². The van der Waals surface area contributed by atoms with Crippen LogP contribution in [-0.4, -0.2) is 41.3 Å². The summed E-state index contributed by atoms with van der Waals surface area (Å²) in [5, 5.41) is 3.31. The number of hydrogen-bond donors (Lipinski definition) is 1. The molecule has 1 N–H and O–H groups in total. The number of rotatable bonds is 2. The number of nitrogens with zero attached hydrogens (tertiary/aromatic N) is 2. The van der Waals surface area contributed by atoms with Crippen LogP contribution in [0.5, 0.6) is 0 Å². The number of halogens is 1. The van der Waals surface area contributed by atoms with Gasteiger partial charge in [0, 0.05) is 38.4 Å². The minimum Gasteiger partial charge on any atom is -0.347 e. The Morgan fingerprint density at radius 2 is 2.33 bits per heavy atom. The topological polar surface area (TPSA) is 62.3 Å². The second-order valence-corrected chi connectivity index (χ2v) is 4.81. The predicted molar refractivity (Wildman–Crippen MR) is 67.4 cm³/mol. The predicted octanol–water partition coefficient (Wildman–Crippen LogP) is 1.09. The molecular weight excluding hydrogens is 254 g/mol. The maximum Gasteiger partial charge on any atom is 0.253 e. The number of aromatic nitrogens is 1. The Morgan fingerprint density at radius 1 is 1.56 bits per heavy atom. The van der Waals surface area contributed by atoms with Crippen molar-refractivity contribution in [2.75, 3.05) is 13.6 Å². The molecule has 0 aromatic carbocycles. The van der Waals surface area contributed by atoms with E-state index in [0.717, 1.165) is 0 Å². The second kappa shape index (κ2) is 5.35. The quantitative estimate of drug-likeness (QED) is 0.872. The van der Waals surface area contributed by atoms with Crippen molar-refractivity contribution in [3.8, 4) is 0 Å². The van der Waals surface area contributed by atoms with Gasteiger partial charge < -0.3 is 10.2 Å². The van der Waals surface area contributed by atoms with Crippen LogP contribution < -0.4 is 5.32 Å². The van der Waals surface area contributed by atoms with E-state index in [9.17, 15) is 9.59 Å². The van der Waals surface area contributed by atoms with Crippen LogP contribution in [0.3, 0.4) is 0 Å². The third-order valence-electron chi connectivity index (χ3n) is 2.93. The first-order valence-electron chi connectivity index (χ1n) is 5.71. The van der Waals surface area contributed by atoms with E-state index >= 15 is 0 Å². The minimum absolute atomic E-state index is 0.0146. The molecule has 1 fully saturated rings. The molecule has 2 amide bonds. The number of likely N-dealkylation sites (tertiary alicyclic amines) is 1. The highest BCUT2D eigenvalue weighted by atomic mass is 35.5. The first-order chi connectivity index (χ1) is 8.56. The van der Waals surface area contributed by atoms with Crippen molar-refractivity contribution in [1.82, 2.24) is 15.2 Å². The molecule has 1 atom stereocenters. The molecule has 6 heteroatoms. The number of carbonyl (C=O) groups excluding carboxylic acids is 2. The van der Waals surface area contributed by atoms with Crippen molar-refractivity contribution in [3.63, 3.8) is 0 Å². The average Bonchev–Trinajstić information content (AvgIpc) is 2.34. The first-order valence-corrected chi connectivity index (χ1v) is 6.09. The maximum absolute atomic E-state index is 11.9. The molecule has 0 saturated carbocycles. The standard InChI is InChI=1S/C12H14ClN3O2/c1-16-7-10(2-3-11(16)17)15-12(18)8-4-9(13)6-14-5-8/h4-6,10H,2-3,7H2,1H3,(H,15,18). The summed E-state index contributed by atoms with van der Waals surface area (Å²) in [5.41, 5.74) is 0.432. The van der Waals surface area contributed by atoms with Crippen LogP contribution in [0.15, 0.2) is 18.5 Å². The van der Waals surface area contributed by atoms with Crippen LogP contribution in [0, 0.1) is 0 Å². The molecule has 1 saturated heterocycles. The lowest BCUT2D eigenvalue weighted by atomic mass is 10.1. The number of pyridine rings is 1. The van der Waals surface area contributed by atoms with E-state index in [1.54, 1.807) is 18.0 Å². The Bertz CT molecular complexity index is 478. The van der Waals surface area contributed by atoms with Gasteiger partial charge in [-0.1, -0.05) is 11.6 Å². The average molecular weight is 268 g/mol. The molecule has 2 rings (SSSR count). The van der Waals surface area contributed by atoms with Crippen LogP contribution >= 0.6 is 11.6 Å². The summed E-state index contributed by atoms with van der Waals surface area (Å²) >= 11 is 5.78. The summed E-state index contributed by atoms with van der Waals surface area (Å²) in [4.78, 5) is 28.8. The molecular formula is C12H14ClN3O2. The van der Waals surface area contributed by atoms with E-state index in [4.69, 9.17) is 11.6 Å². The Hall–Kier alpha value is -1.62. The Kier molecular flexibility index (Phi) is 3.81. The largest absolute Gasteiger partial charge is 0.347 e. The van der Waals surface area contributed by atoms with Crippen molar-refractivity contribution in [2.24, 2.45) is 0 Å². The van der Waals surface area contributed by atoms with E-state index in [1.807, 2.05) is 0 Å². The van der Waals surface area contributed by atoms with Gasteiger partial charge in [-0.15, -0.1) is 0 Å². The molecule has 1 aromatic heterocycles. The number of hydrogen-bond acceptors (Lipinski definition) is 3.